The van der Waals surface area contributed by atoms with Crippen molar-refractivity contribution in [1.82, 2.24) is 4.98 Å². The van der Waals surface area contributed by atoms with Crippen molar-refractivity contribution in [1.29, 1.82) is 10.5 Å². The summed E-state index contributed by atoms with van der Waals surface area (Å²) in [6.45, 7) is -0.467. The molecule has 0 aliphatic rings. The van der Waals surface area contributed by atoms with Gasteiger partial charge in [0.15, 0.2) is 23.3 Å². The number of hydrogen-bond acceptors (Lipinski definition) is 5. The van der Waals surface area contributed by atoms with E-state index in [0.29, 0.717) is 6.07 Å². The number of anilines is 2. The number of pyridine rings is 1. The number of nitriles is 2. The van der Waals surface area contributed by atoms with Crippen LogP contribution >= 0.6 is 0 Å². The largest absolute Gasteiger partial charge is 0.381 e. The molecular formula is C9H7F2N5. The third kappa shape index (κ3) is 2.34. The first-order valence-corrected chi connectivity index (χ1v) is 4.20. The van der Waals surface area contributed by atoms with Crippen LogP contribution in [0.2, 0.25) is 0 Å². The molecule has 7 heteroatoms. The molecule has 82 valence electrons. The van der Waals surface area contributed by atoms with Gasteiger partial charge in [-0.1, -0.05) is 0 Å². The van der Waals surface area contributed by atoms with Gasteiger partial charge in [0, 0.05) is 6.07 Å². The van der Waals surface area contributed by atoms with E-state index in [9.17, 15) is 8.78 Å². The van der Waals surface area contributed by atoms with Crippen LogP contribution in [0.5, 0.6) is 0 Å². The van der Waals surface area contributed by atoms with E-state index in [1.54, 1.807) is 12.1 Å². The summed E-state index contributed by atoms with van der Waals surface area (Å²) in [4.78, 5) is 4.52. The van der Waals surface area contributed by atoms with Crippen molar-refractivity contribution < 1.29 is 8.78 Å². The van der Waals surface area contributed by atoms with E-state index in [-0.39, 0.29) is 18.9 Å². The summed E-state index contributed by atoms with van der Waals surface area (Å²) in [6.07, 6.45) is 0. The summed E-state index contributed by atoms with van der Waals surface area (Å²) in [5.74, 6) is -2.72. The predicted molar refractivity (Wildman–Crippen MR) is 52.0 cm³/mol. The molecule has 0 atom stereocenters. The molecule has 0 bridgehead atoms. The van der Waals surface area contributed by atoms with Gasteiger partial charge in [-0.25, -0.2) is 13.8 Å². The molecular weight excluding hydrogens is 216 g/mol. The number of nitrogens with two attached hydrogens (primary N) is 1. The zero-order chi connectivity index (χ0) is 12.1. The van der Waals surface area contributed by atoms with Gasteiger partial charge >= 0.3 is 0 Å². The monoisotopic (exact) mass is 223 g/mol. The molecule has 0 aliphatic carbocycles. The van der Waals surface area contributed by atoms with Gasteiger partial charge in [-0.2, -0.15) is 10.5 Å². The van der Waals surface area contributed by atoms with Crippen molar-refractivity contribution in [2.45, 2.75) is 0 Å². The SMILES string of the molecule is N#CCN(CC#N)c1nc(N)c(F)cc1F. The Morgan fingerprint density at radius 2 is 1.81 bits per heavy atom. The molecule has 0 fully saturated rings. The topological polar surface area (TPSA) is 89.7 Å². The summed E-state index contributed by atoms with van der Waals surface area (Å²) >= 11 is 0. The van der Waals surface area contributed by atoms with E-state index < -0.39 is 17.5 Å². The fourth-order valence-corrected chi connectivity index (χ4v) is 1.07. The molecule has 0 saturated carbocycles. The lowest BCUT2D eigenvalue weighted by Crippen LogP contribution is -2.26. The minimum absolute atomic E-state index is 0.234. The average Bonchev–Trinajstić information content (AvgIpc) is 2.23. The molecule has 1 heterocycles. The summed E-state index contributed by atoms with van der Waals surface area (Å²) in [6, 6.07) is 4.06. The molecule has 1 aromatic heterocycles. The van der Waals surface area contributed by atoms with Gasteiger partial charge in [0.2, 0.25) is 0 Å². The minimum Gasteiger partial charge on any atom is -0.381 e. The highest BCUT2D eigenvalue weighted by atomic mass is 19.1. The molecule has 0 unspecified atom stereocenters. The molecule has 2 N–H and O–H groups in total. The Morgan fingerprint density at radius 3 is 2.31 bits per heavy atom. The van der Waals surface area contributed by atoms with Crippen molar-refractivity contribution in [2.75, 3.05) is 23.7 Å². The van der Waals surface area contributed by atoms with Crippen LogP contribution in [-0.2, 0) is 0 Å². The summed E-state index contributed by atoms with van der Waals surface area (Å²) in [7, 11) is 0. The van der Waals surface area contributed by atoms with Crippen molar-refractivity contribution in [3.63, 3.8) is 0 Å². The molecule has 1 aromatic rings. The fraction of sp³-hybridized carbons (Fsp3) is 0.222. The number of nitrogen functional groups attached to an aromatic ring is 1. The maximum absolute atomic E-state index is 13.3. The number of aromatic nitrogens is 1. The first kappa shape index (κ1) is 11.7. The Morgan fingerprint density at radius 1 is 1.25 bits per heavy atom. The van der Waals surface area contributed by atoms with Crippen LogP contribution in [0.25, 0.3) is 0 Å². The highest BCUT2D eigenvalue weighted by Crippen LogP contribution is 2.20. The Balaban J connectivity index is 3.15. The Labute approximate surface area is 90.3 Å². The predicted octanol–water partition coefficient (Wildman–Crippen LogP) is 0.796. The minimum atomic E-state index is -0.977. The smallest absolute Gasteiger partial charge is 0.169 e. The van der Waals surface area contributed by atoms with E-state index in [1.165, 1.54) is 0 Å². The quantitative estimate of drug-likeness (QED) is 0.765. The van der Waals surface area contributed by atoms with Crippen molar-refractivity contribution in [3.05, 3.63) is 17.7 Å². The number of nitrogens with zero attached hydrogens (tertiary/aromatic N) is 4. The second kappa shape index (κ2) is 4.89. The molecule has 0 amide bonds. The molecule has 0 spiro atoms. The van der Waals surface area contributed by atoms with E-state index in [2.05, 4.69) is 4.98 Å². The number of halogens is 2. The first-order valence-electron chi connectivity index (χ1n) is 4.20. The van der Waals surface area contributed by atoms with Crippen LogP contribution in [0.1, 0.15) is 0 Å². The second-order valence-corrected chi connectivity index (χ2v) is 2.83. The van der Waals surface area contributed by atoms with Crippen LogP contribution in [-0.4, -0.2) is 18.1 Å². The molecule has 16 heavy (non-hydrogen) atoms. The molecule has 0 aliphatic heterocycles. The number of hydrogen-bond donors (Lipinski definition) is 1. The van der Waals surface area contributed by atoms with Gasteiger partial charge in [0.1, 0.15) is 13.1 Å². The molecule has 0 radical (unpaired) electrons. The van der Waals surface area contributed by atoms with E-state index in [4.69, 9.17) is 16.3 Å². The zero-order valence-electron chi connectivity index (χ0n) is 8.11. The maximum Gasteiger partial charge on any atom is 0.169 e. The lowest BCUT2D eigenvalue weighted by Gasteiger charge is -2.17. The van der Waals surface area contributed by atoms with Crippen LogP contribution in [0.4, 0.5) is 20.4 Å². The van der Waals surface area contributed by atoms with Crippen molar-refractivity contribution in [2.24, 2.45) is 0 Å². The zero-order valence-corrected chi connectivity index (χ0v) is 8.11. The fourth-order valence-electron chi connectivity index (χ4n) is 1.07. The van der Waals surface area contributed by atoms with Crippen molar-refractivity contribution in [3.8, 4) is 12.1 Å². The van der Waals surface area contributed by atoms with Gasteiger partial charge in [-0.05, 0) is 0 Å². The molecule has 0 saturated heterocycles. The van der Waals surface area contributed by atoms with Gasteiger partial charge < -0.3 is 10.6 Å². The van der Waals surface area contributed by atoms with Gasteiger partial charge in [0.25, 0.3) is 0 Å². The standard InChI is InChI=1S/C9H7F2N5/c10-6-5-7(11)9(15-8(6)14)16(3-1-12)4-2-13/h5H,3-4H2,(H2,14,15). The highest BCUT2D eigenvalue weighted by Gasteiger charge is 2.15. The summed E-state index contributed by atoms with van der Waals surface area (Å²) in [5.41, 5.74) is 5.17. The van der Waals surface area contributed by atoms with E-state index in [0.717, 1.165) is 4.90 Å². The highest BCUT2D eigenvalue weighted by molar-refractivity contribution is 5.48. The van der Waals surface area contributed by atoms with Crippen LogP contribution in [0.3, 0.4) is 0 Å². The third-order valence-corrected chi connectivity index (χ3v) is 1.76. The van der Waals surface area contributed by atoms with Crippen LogP contribution < -0.4 is 10.6 Å². The maximum atomic E-state index is 13.3. The molecule has 1 rings (SSSR count). The van der Waals surface area contributed by atoms with Crippen LogP contribution in [0.15, 0.2) is 6.07 Å². The summed E-state index contributed by atoms with van der Waals surface area (Å²) in [5, 5.41) is 17.0. The second-order valence-electron chi connectivity index (χ2n) is 2.83. The molecule has 5 nitrogen and oxygen atoms in total. The Bertz CT molecular complexity index is 458. The Kier molecular flexibility index (Phi) is 3.57. The van der Waals surface area contributed by atoms with Gasteiger partial charge in [0.05, 0.1) is 12.1 Å². The Hall–Kier alpha value is -2.41. The van der Waals surface area contributed by atoms with Gasteiger partial charge in [-0.3, -0.25) is 0 Å². The first-order chi connectivity index (χ1) is 7.60. The molecule has 0 aromatic carbocycles. The third-order valence-electron chi connectivity index (χ3n) is 1.76. The van der Waals surface area contributed by atoms with Crippen LogP contribution in [0, 0.1) is 34.3 Å². The normalized spacial score (nSPS) is 9.25. The lowest BCUT2D eigenvalue weighted by atomic mass is 10.3. The average molecular weight is 223 g/mol. The van der Waals surface area contributed by atoms with E-state index in [1.807, 2.05) is 0 Å². The summed E-state index contributed by atoms with van der Waals surface area (Å²) < 4.78 is 26.1. The van der Waals surface area contributed by atoms with Crippen molar-refractivity contribution >= 4 is 11.6 Å². The lowest BCUT2D eigenvalue weighted by molar-refractivity contribution is 0.574. The number of rotatable bonds is 3. The van der Waals surface area contributed by atoms with E-state index >= 15 is 0 Å². The van der Waals surface area contributed by atoms with Gasteiger partial charge in [-0.15, -0.1) is 0 Å².